The van der Waals surface area contributed by atoms with Crippen LogP contribution in [0.15, 0.2) is 66.9 Å². The third kappa shape index (κ3) is 4.31. The second-order valence-corrected chi connectivity index (χ2v) is 6.81. The van der Waals surface area contributed by atoms with Crippen LogP contribution in [0.2, 0.25) is 0 Å². The molecule has 0 radical (unpaired) electrons. The Hall–Kier alpha value is -3.21. The van der Waals surface area contributed by atoms with Crippen molar-refractivity contribution in [3.8, 4) is 0 Å². The number of rotatable bonds is 5. The summed E-state index contributed by atoms with van der Waals surface area (Å²) in [5, 5.41) is 11.3. The Labute approximate surface area is 158 Å². The van der Waals surface area contributed by atoms with Crippen molar-refractivity contribution in [3.63, 3.8) is 0 Å². The monoisotopic (exact) mass is 358 g/mol. The maximum atomic E-state index is 12.3. The Morgan fingerprint density at radius 3 is 2.85 bits per heavy atom. The van der Waals surface area contributed by atoms with E-state index in [9.17, 15) is 4.79 Å². The van der Waals surface area contributed by atoms with E-state index in [2.05, 4.69) is 33.8 Å². The summed E-state index contributed by atoms with van der Waals surface area (Å²) in [6, 6.07) is 18.5. The molecule has 0 bridgehead atoms. The molecule has 1 unspecified atom stereocenters. The molecule has 5 heteroatoms. The molecule has 3 aromatic rings. The maximum Gasteiger partial charge on any atom is 0.244 e. The van der Waals surface area contributed by atoms with Gasteiger partial charge >= 0.3 is 0 Å². The van der Waals surface area contributed by atoms with E-state index in [1.165, 1.54) is 17.2 Å². The summed E-state index contributed by atoms with van der Waals surface area (Å²) in [5.74, 6) is -0.102. The van der Waals surface area contributed by atoms with Gasteiger partial charge in [-0.05, 0) is 42.0 Å². The zero-order valence-electron chi connectivity index (χ0n) is 15.1. The van der Waals surface area contributed by atoms with E-state index in [-0.39, 0.29) is 11.9 Å². The van der Waals surface area contributed by atoms with Gasteiger partial charge in [-0.25, -0.2) is 4.68 Å². The van der Waals surface area contributed by atoms with Gasteiger partial charge in [0, 0.05) is 6.08 Å². The predicted molar refractivity (Wildman–Crippen MR) is 105 cm³/mol. The van der Waals surface area contributed by atoms with Crippen LogP contribution in [0.1, 0.15) is 41.3 Å². The number of aromatic nitrogens is 3. The normalized spacial score (nSPS) is 16.2. The van der Waals surface area contributed by atoms with E-state index < -0.39 is 0 Å². The molecule has 136 valence electrons. The maximum absolute atomic E-state index is 12.3. The summed E-state index contributed by atoms with van der Waals surface area (Å²) in [5.41, 5.74) is 4.40. The van der Waals surface area contributed by atoms with Crippen LogP contribution in [0.25, 0.3) is 6.08 Å². The third-order valence-electron chi connectivity index (χ3n) is 4.84. The smallest absolute Gasteiger partial charge is 0.244 e. The van der Waals surface area contributed by atoms with Gasteiger partial charge in [0.1, 0.15) is 5.69 Å². The first kappa shape index (κ1) is 17.2. The van der Waals surface area contributed by atoms with E-state index in [0.29, 0.717) is 12.2 Å². The largest absolute Gasteiger partial charge is 0.346 e. The SMILES string of the molecule is O=C(/C=C/c1cn(Cc2ccccc2)nn1)NC1CCCc2ccccc21. The van der Waals surface area contributed by atoms with Crippen LogP contribution in [0.5, 0.6) is 0 Å². The van der Waals surface area contributed by atoms with E-state index >= 15 is 0 Å². The van der Waals surface area contributed by atoms with Crippen LogP contribution in [-0.4, -0.2) is 20.9 Å². The Morgan fingerprint density at radius 2 is 1.96 bits per heavy atom. The lowest BCUT2D eigenvalue weighted by atomic mass is 9.88. The first-order valence-electron chi connectivity index (χ1n) is 9.28. The van der Waals surface area contributed by atoms with E-state index in [1.54, 1.807) is 10.8 Å². The Bertz CT molecular complexity index is 946. The van der Waals surface area contributed by atoms with Crippen LogP contribution < -0.4 is 5.32 Å². The van der Waals surface area contributed by atoms with Crippen molar-refractivity contribution in [1.82, 2.24) is 20.3 Å². The summed E-state index contributed by atoms with van der Waals surface area (Å²) < 4.78 is 1.77. The van der Waals surface area contributed by atoms with E-state index in [4.69, 9.17) is 0 Å². The molecule has 1 amide bonds. The fourth-order valence-corrected chi connectivity index (χ4v) is 3.52. The Kier molecular flexibility index (Phi) is 5.10. The molecule has 0 aliphatic heterocycles. The number of aryl methyl sites for hydroxylation is 1. The molecule has 1 aromatic heterocycles. The topological polar surface area (TPSA) is 59.8 Å². The van der Waals surface area contributed by atoms with Gasteiger partial charge in [-0.1, -0.05) is 59.8 Å². The quantitative estimate of drug-likeness (QED) is 0.710. The first-order valence-corrected chi connectivity index (χ1v) is 9.28. The van der Waals surface area contributed by atoms with Crippen molar-refractivity contribution in [3.05, 3.63) is 89.3 Å². The summed E-state index contributed by atoms with van der Waals surface area (Å²) in [6.07, 6.45) is 8.24. The molecule has 1 atom stereocenters. The van der Waals surface area contributed by atoms with Crippen molar-refractivity contribution in [1.29, 1.82) is 0 Å². The van der Waals surface area contributed by atoms with Gasteiger partial charge in [-0.3, -0.25) is 4.79 Å². The average Bonchev–Trinajstić information content (AvgIpc) is 3.15. The van der Waals surface area contributed by atoms with Crippen molar-refractivity contribution in [2.24, 2.45) is 0 Å². The van der Waals surface area contributed by atoms with Crippen molar-refractivity contribution < 1.29 is 4.79 Å². The van der Waals surface area contributed by atoms with Crippen molar-refractivity contribution in [2.75, 3.05) is 0 Å². The summed E-state index contributed by atoms with van der Waals surface area (Å²) in [6.45, 7) is 0.659. The molecule has 1 aliphatic rings. The molecule has 27 heavy (non-hydrogen) atoms. The minimum atomic E-state index is -0.102. The molecule has 5 nitrogen and oxygen atoms in total. The molecule has 0 saturated carbocycles. The molecule has 0 spiro atoms. The highest BCUT2D eigenvalue weighted by Crippen LogP contribution is 2.29. The fourth-order valence-electron chi connectivity index (χ4n) is 3.52. The fraction of sp³-hybridized carbons (Fsp3) is 0.227. The molecular formula is C22H22N4O. The lowest BCUT2D eigenvalue weighted by Crippen LogP contribution is -2.29. The van der Waals surface area contributed by atoms with E-state index in [1.807, 2.05) is 42.6 Å². The van der Waals surface area contributed by atoms with Crippen LogP contribution >= 0.6 is 0 Å². The number of carbonyl (C=O) groups excluding carboxylic acids is 1. The Balaban J connectivity index is 1.37. The van der Waals surface area contributed by atoms with Gasteiger partial charge in [-0.2, -0.15) is 0 Å². The van der Waals surface area contributed by atoms with Gasteiger partial charge in [0.2, 0.25) is 5.91 Å². The second kappa shape index (κ2) is 7.99. The number of carbonyl (C=O) groups is 1. The molecular weight excluding hydrogens is 336 g/mol. The van der Waals surface area contributed by atoms with Gasteiger partial charge in [-0.15, -0.1) is 5.10 Å². The number of hydrogen-bond donors (Lipinski definition) is 1. The zero-order chi connectivity index (χ0) is 18.5. The van der Waals surface area contributed by atoms with Crippen LogP contribution in [0.3, 0.4) is 0 Å². The minimum absolute atomic E-state index is 0.0841. The van der Waals surface area contributed by atoms with Gasteiger partial charge < -0.3 is 5.32 Å². The number of hydrogen-bond acceptors (Lipinski definition) is 3. The van der Waals surface area contributed by atoms with Crippen LogP contribution in [0.4, 0.5) is 0 Å². The average molecular weight is 358 g/mol. The highest BCUT2D eigenvalue weighted by atomic mass is 16.1. The minimum Gasteiger partial charge on any atom is -0.346 e. The number of nitrogens with one attached hydrogen (secondary N) is 1. The molecule has 1 heterocycles. The summed E-state index contributed by atoms with van der Waals surface area (Å²) in [4.78, 5) is 12.3. The standard InChI is InChI=1S/C22H22N4O/c27-22(23-21-12-6-10-18-9-4-5-11-20(18)21)14-13-19-16-26(25-24-19)15-17-7-2-1-3-8-17/h1-5,7-9,11,13-14,16,21H,6,10,12,15H2,(H,23,27)/b14-13+. The number of fused-ring (bicyclic) bond motifs is 1. The van der Waals surface area contributed by atoms with Gasteiger partial charge in [0.05, 0.1) is 18.8 Å². The second-order valence-electron chi connectivity index (χ2n) is 6.81. The number of benzene rings is 2. The third-order valence-corrected chi connectivity index (χ3v) is 4.84. The molecule has 2 aromatic carbocycles. The lowest BCUT2D eigenvalue weighted by Gasteiger charge is -2.25. The lowest BCUT2D eigenvalue weighted by molar-refractivity contribution is -0.117. The molecule has 0 fully saturated rings. The van der Waals surface area contributed by atoms with Gasteiger partial charge in [0.25, 0.3) is 0 Å². The predicted octanol–water partition coefficient (Wildman–Crippen LogP) is 3.53. The molecule has 4 rings (SSSR count). The molecule has 0 saturated heterocycles. The highest BCUT2D eigenvalue weighted by Gasteiger charge is 2.20. The highest BCUT2D eigenvalue weighted by molar-refractivity contribution is 5.91. The van der Waals surface area contributed by atoms with Crippen LogP contribution in [-0.2, 0) is 17.8 Å². The summed E-state index contributed by atoms with van der Waals surface area (Å²) in [7, 11) is 0. The van der Waals surface area contributed by atoms with Crippen molar-refractivity contribution in [2.45, 2.75) is 31.8 Å². The zero-order valence-corrected chi connectivity index (χ0v) is 15.1. The number of amides is 1. The number of nitrogens with zero attached hydrogens (tertiary/aromatic N) is 3. The molecule has 1 aliphatic carbocycles. The van der Waals surface area contributed by atoms with Crippen molar-refractivity contribution >= 4 is 12.0 Å². The van der Waals surface area contributed by atoms with Crippen LogP contribution in [0, 0.1) is 0 Å². The van der Waals surface area contributed by atoms with E-state index in [0.717, 1.165) is 24.8 Å². The van der Waals surface area contributed by atoms with Gasteiger partial charge in [0.15, 0.2) is 0 Å². The first-order chi connectivity index (χ1) is 13.3. The molecule has 1 N–H and O–H groups in total. The summed E-state index contributed by atoms with van der Waals surface area (Å²) >= 11 is 0. The Morgan fingerprint density at radius 1 is 1.15 bits per heavy atom.